The molecule has 0 bridgehead atoms. The number of fused-ring (bicyclic) bond motifs is 2. The van der Waals surface area contributed by atoms with Crippen LogP contribution >= 0.6 is 0 Å². The molecular weight excluding hydrogens is 556 g/mol. The molecule has 2 aromatic carbocycles. The molecule has 5 N–H and O–H groups in total. The van der Waals surface area contributed by atoms with E-state index in [1.807, 2.05) is 0 Å². The number of carbonyl (C=O) groups is 3. The van der Waals surface area contributed by atoms with Crippen molar-refractivity contribution in [2.24, 2.45) is 0 Å². The summed E-state index contributed by atoms with van der Waals surface area (Å²) in [5.74, 6) is -1.29. The number of nitrogen functional groups attached to an aromatic ring is 1. The number of nitrogens with one attached hydrogen (secondary N) is 1. The summed E-state index contributed by atoms with van der Waals surface area (Å²) in [6, 6.07) is 4.31. The van der Waals surface area contributed by atoms with Gasteiger partial charge in [-0.25, -0.2) is 19.0 Å². The van der Waals surface area contributed by atoms with Gasteiger partial charge in [-0.3, -0.25) is 14.4 Å². The molecule has 0 saturated heterocycles. The number of aliphatic hydroxyl groups excluding tert-OH is 2. The summed E-state index contributed by atoms with van der Waals surface area (Å²) in [4.78, 5) is 58.5. The molecule has 17 nitrogen and oxygen atoms in total. The molecular formula is C25H28N8O9. The number of hydrogen-bond donors (Lipinski definition) is 4. The quantitative estimate of drug-likeness (QED) is 0.115. The predicted octanol–water partition coefficient (Wildman–Crippen LogP) is -0.587. The molecule has 0 aliphatic heterocycles. The SMILES string of the molecule is COC(=O)c1cc2nnn([C@H](C)CO)c(=O)c2cc1N.COC(=O)c1cc2nnn([C@H](C)CO)c(=O)c2cc1NC=O. The van der Waals surface area contributed by atoms with Crippen molar-refractivity contribution in [3.63, 3.8) is 0 Å². The van der Waals surface area contributed by atoms with Crippen LogP contribution in [0.1, 0.15) is 46.6 Å². The second kappa shape index (κ2) is 13.4. The highest BCUT2D eigenvalue weighted by Gasteiger charge is 2.18. The van der Waals surface area contributed by atoms with Gasteiger partial charge in [-0.05, 0) is 38.1 Å². The summed E-state index contributed by atoms with van der Waals surface area (Å²) in [5, 5.41) is 36.1. The number of anilines is 2. The van der Waals surface area contributed by atoms with Crippen molar-refractivity contribution in [3.8, 4) is 0 Å². The summed E-state index contributed by atoms with van der Waals surface area (Å²) in [6.45, 7) is 2.72. The number of carbonyl (C=O) groups excluding carboxylic acids is 3. The molecule has 0 saturated carbocycles. The van der Waals surface area contributed by atoms with Crippen LogP contribution in [-0.4, -0.2) is 86.0 Å². The van der Waals surface area contributed by atoms with Gasteiger partial charge in [-0.2, -0.15) is 0 Å². The van der Waals surface area contributed by atoms with Crippen LogP contribution in [0.5, 0.6) is 0 Å². The van der Waals surface area contributed by atoms with E-state index in [1.54, 1.807) is 13.8 Å². The highest BCUT2D eigenvalue weighted by atomic mass is 16.5. The van der Waals surface area contributed by atoms with Gasteiger partial charge >= 0.3 is 11.9 Å². The van der Waals surface area contributed by atoms with Crippen molar-refractivity contribution in [3.05, 3.63) is 56.1 Å². The second-order valence-electron chi connectivity index (χ2n) is 8.86. The van der Waals surface area contributed by atoms with Crippen LogP contribution in [-0.2, 0) is 14.3 Å². The lowest BCUT2D eigenvalue weighted by Gasteiger charge is -2.12. The van der Waals surface area contributed by atoms with Gasteiger partial charge < -0.3 is 30.7 Å². The number of benzene rings is 2. The van der Waals surface area contributed by atoms with E-state index in [2.05, 4.69) is 35.4 Å². The molecule has 0 spiro atoms. The highest BCUT2D eigenvalue weighted by Crippen LogP contribution is 2.22. The highest BCUT2D eigenvalue weighted by molar-refractivity contribution is 6.02. The first kappa shape index (κ1) is 31.2. The van der Waals surface area contributed by atoms with Crippen LogP contribution in [0.2, 0.25) is 0 Å². The summed E-state index contributed by atoms with van der Waals surface area (Å²) < 4.78 is 11.3. The average molecular weight is 585 g/mol. The topological polar surface area (TPSA) is 244 Å². The number of amides is 1. The van der Waals surface area contributed by atoms with Crippen molar-refractivity contribution in [1.82, 2.24) is 30.0 Å². The Morgan fingerprint density at radius 2 is 1.33 bits per heavy atom. The molecule has 0 aliphatic rings. The van der Waals surface area contributed by atoms with Gasteiger partial charge in [0, 0.05) is 5.69 Å². The van der Waals surface area contributed by atoms with E-state index in [-0.39, 0.29) is 57.5 Å². The maximum atomic E-state index is 12.4. The van der Waals surface area contributed by atoms with Gasteiger partial charge in [-0.1, -0.05) is 10.4 Å². The Hall–Kier alpha value is -5.29. The third-order valence-electron chi connectivity index (χ3n) is 6.07. The summed E-state index contributed by atoms with van der Waals surface area (Å²) in [5.41, 5.74) is 5.69. The first-order valence-corrected chi connectivity index (χ1v) is 12.2. The molecule has 2 atom stereocenters. The lowest BCUT2D eigenvalue weighted by Crippen LogP contribution is -2.29. The zero-order valence-electron chi connectivity index (χ0n) is 23.0. The normalized spacial score (nSPS) is 12.1. The third kappa shape index (κ3) is 6.21. The van der Waals surface area contributed by atoms with E-state index < -0.39 is 35.1 Å². The Labute approximate surface area is 236 Å². The van der Waals surface area contributed by atoms with Crippen LogP contribution in [0.3, 0.4) is 0 Å². The number of hydrogen-bond acceptors (Lipinski definition) is 14. The van der Waals surface area contributed by atoms with Gasteiger partial charge in [0.1, 0.15) is 11.0 Å². The number of nitrogens with two attached hydrogens (primary N) is 1. The van der Waals surface area contributed by atoms with Crippen LogP contribution in [0.4, 0.5) is 11.4 Å². The maximum absolute atomic E-state index is 12.4. The molecule has 1 amide bonds. The van der Waals surface area contributed by atoms with Gasteiger partial charge in [0.05, 0.1) is 67.1 Å². The first-order valence-electron chi connectivity index (χ1n) is 12.2. The number of methoxy groups -OCH3 is 2. The molecule has 17 heteroatoms. The lowest BCUT2D eigenvalue weighted by atomic mass is 10.1. The molecule has 42 heavy (non-hydrogen) atoms. The molecule has 222 valence electrons. The minimum absolute atomic E-state index is 0.0590. The first-order chi connectivity index (χ1) is 20.0. The minimum atomic E-state index is -0.680. The molecule has 0 fully saturated rings. The van der Waals surface area contributed by atoms with Gasteiger partial charge in [0.2, 0.25) is 6.41 Å². The second-order valence-corrected chi connectivity index (χ2v) is 8.86. The van der Waals surface area contributed by atoms with Gasteiger partial charge in [-0.15, -0.1) is 10.2 Å². The van der Waals surface area contributed by atoms with Crippen molar-refractivity contribution >= 4 is 51.5 Å². The average Bonchev–Trinajstić information content (AvgIpc) is 3.00. The zero-order valence-corrected chi connectivity index (χ0v) is 23.0. The van der Waals surface area contributed by atoms with E-state index in [1.165, 1.54) is 38.5 Å². The molecule has 2 heterocycles. The Bertz CT molecular complexity index is 1770. The largest absolute Gasteiger partial charge is 0.465 e. The van der Waals surface area contributed by atoms with E-state index in [9.17, 15) is 24.0 Å². The molecule has 0 unspecified atom stereocenters. The van der Waals surface area contributed by atoms with Crippen molar-refractivity contribution in [1.29, 1.82) is 0 Å². The van der Waals surface area contributed by atoms with Gasteiger partial charge in [0.25, 0.3) is 11.1 Å². The summed E-state index contributed by atoms with van der Waals surface area (Å²) in [6.07, 6.45) is 0.386. The van der Waals surface area contributed by atoms with Gasteiger partial charge in [0.15, 0.2) is 0 Å². The van der Waals surface area contributed by atoms with Crippen LogP contribution in [0.25, 0.3) is 21.8 Å². The Morgan fingerprint density at radius 1 is 0.881 bits per heavy atom. The number of aliphatic hydroxyl groups is 2. The Morgan fingerprint density at radius 3 is 1.79 bits per heavy atom. The Balaban J connectivity index is 0.000000231. The van der Waals surface area contributed by atoms with Crippen molar-refractivity contribution in [2.75, 3.05) is 38.5 Å². The number of ether oxygens (including phenoxy) is 2. The molecule has 4 rings (SSSR count). The van der Waals surface area contributed by atoms with Crippen LogP contribution < -0.4 is 22.2 Å². The third-order valence-corrected chi connectivity index (χ3v) is 6.07. The fraction of sp³-hybridized carbons (Fsp3) is 0.320. The van der Waals surface area contributed by atoms with E-state index >= 15 is 0 Å². The monoisotopic (exact) mass is 584 g/mol. The standard InChI is InChI=1S/C13H14N4O5.C12H14N4O4/c1-7(5-18)17-12(20)8-3-10(14-6-19)9(13(21)22-2)4-11(8)15-16-17;1-6(5-17)16-11(18)8-3-9(13)7(12(19)20-2)4-10(8)14-15-16/h3-4,6-7,18H,5H2,1-2H3,(H,14,19);3-4,6,17H,5,13H2,1-2H3/t7-;6-/m11/s1. The van der Waals surface area contributed by atoms with Crippen molar-refractivity contribution < 1.29 is 34.1 Å². The molecule has 0 aliphatic carbocycles. The molecule has 0 radical (unpaired) electrons. The maximum Gasteiger partial charge on any atom is 0.340 e. The number of aromatic nitrogens is 6. The van der Waals surface area contributed by atoms with E-state index in [0.717, 1.165) is 9.36 Å². The molecule has 4 aromatic rings. The summed E-state index contributed by atoms with van der Waals surface area (Å²) >= 11 is 0. The fourth-order valence-corrected chi connectivity index (χ4v) is 3.70. The zero-order chi connectivity index (χ0) is 31.1. The summed E-state index contributed by atoms with van der Waals surface area (Å²) in [7, 11) is 2.43. The van der Waals surface area contributed by atoms with Crippen LogP contribution in [0.15, 0.2) is 33.9 Å². The fourth-order valence-electron chi connectivity index (χ4n) is 3.70. The van der Waals surface area contributed by atoms with Crippen molar-refractivity contribution in [2.45, 2.75) is 25.9 Å². The number of nitrogens with zero attached hydrogens (tertiary/aromatic N) is 6. The minimum Gasteiger partial charge on any atom is -0.465 e. The number of rotatable bonds is 8. The molecule has 2 aromatic heterocycles. The van der Waals surface area contributed by atoms with E-state index in [4.69, 9.17) is 15.9 Å². The predicted molar refractivity (Wildman–Crippen MR) is 148 cm³/mol. The lowest BCUT2D eigenvalue weighted by molar-refractivity contribution is -0.105. The smallest absolute Gasteiger partial charge is 0.340 e. The van der Waals surface area contributed by atoms with E-state index in [0.29, 0.717) is 6.41 Å². The van der Waals surface area contributed by atoms with Crippen LogP contribution in [0, 0.1) is 0 Å². The Kier molecular flexibility index (Phi) is 9.95. The number of esters is 2.